The van der Waals surface area contributed by atoms with E-state index in [0.29, 0.717) is 11.8 Å². The number of thiol groups is 2. The molecule has 0 heterocycles. The number of hydrogen-bond donors (Lipinski definition) is 2. The zero-order valence-electron chi connectivity index (χ0n) is 15.1. The fourth-order valence-corrected chi connectivity index (χ4v) is 3.24. The topological polar surface area (TPSA) is 0 Å². The first kappa shape index (κ1) is 19.2. The minimum absolute atomic E-state index is 0.593. The summed E-state index contributed by atoms with van der Waals surface area (Å²) in [6.07, 6.45) is 2.31. The van der Waals surface area contributed by atoms with Crippen molar-refractivity contribution in [3.8, 4) is 0 Å². The van der Waals surface area contributed by atoms with E-state index >= 15 is 0 Å². The van der Waals surface area contributed by atoms with Crippen LogP contribution in [-0.4, -0.2) is 0 Å². The number of rotatable bonds is 6. The van der Waals surface area contributed by atoms with E-state index in [0.717, 1.165) is 33.8 Å². The van der Waals surface area contributed by atoms with Gasteiger partial charge in [-0.1, -0.05) is 76.2 Å². The molecule has 0 N–H and O–H groups in total. The monoisotopic (exact) mass is 356 g/mol. The quantitative estimate of drug-likeness (QED) is 0.391. The Morgan fingerprint density at radius 3 is 1.21 bits per heavy atom. The van der Waals surface area contributed by atoms with Gasteiger partial charge in [-0.25, -0.2) is 0 Å². The van der Waals surface area contributed by atoms with Crippen LogP contribution in [0.3, 0.4) is 0 Å². The second-order valence-corrected chi connectivity index (χ2v) is 7.45. The van der Waals surface area contributed by atoms with Crippen LogP contribution >= 0.6 is 25.3 Å². The minimum atomic E-state index is 0.593. The second-order valence-electron chi connectivity index (χ2n) is 6.56. The summed E-state index contributed by atoms with van der Waals surface area (Å²) in [4.78, 5) is 1.84. The van der Waals surface area contributed by atoms with Crippen LogP contribution < -0.4 is 0 Å². The Morgan fingerprint density at radius 2 is 0.958 bits per heavy atom. The first-order valence-corrected chi connectivity index (χ1v) is 9.70. The van der Waals surface area contributed by atoms with Crippen molar-refractivity contribution in [3.05, 3.63) is 70.8 Å². The molecule has 2 heteroatoms. The first-order chi connectivity index (χ1) is 11.5. The molecule has 2 atom stereocenters. The van der Waals surface area contributed by atoms with Crippen molar-refractivity contribution < 1.29 is 0 Å². The van der Waals surface area contributed by atoms with Gasteiger partial charge in [0.1, 0.15) is 0 Å². The van der Waals surface area contributed by atoms with Crippen molar-refractivity contribution in [2.24, 2.45) is 0 Å². The van der Waals surface area contributed by atoms with Gasteiger partial charge in [0.05, 0.1) is 0 Å². The predicted molar refractivity (Wildman–Crippen MR) is 115 cm³/mol. The lowest BCUT2D eigenvalue weighted by Crippen LogP contribution is -1.92. The van der Waals surface area contributed by atoms with E-state index < -0.39 is 0 Å². The summed E-state index contributed by atoms with van der Waals surface area (Å²) in [6.45, 7) is 8.96. The summed E-state index contributed by atoms with van der Waals surface area (Å²) >= 11 is 9.45. The van der Waals surface area contributed by atoms with Gasteiger partial charge < -0.3 is 0 Å². The third-order valence-electron chi connectivity index (χ3n) is 4.96. The highest BCUT2D eigenvalue weighted by atomic mass is 32.1. The smallest absolute Gasteiger partial charge is 0.0253 e. The highest BCUT2D eigenvalue weighted by molar-refractivity contribution is 7.96. The summed E-state index contributed by atoms with van der Waals surface area (Å²) in [5.74, 6) is 1.19. The molecule has 2 aromatic rings. The molecule has 0 nitrogen and oxygen atoms in total. The largest absolute Gasteiger partial charge is 0.142 e. The van der Waals surface area contributed by atoms with Crippen molar-refractivity contribution in [1.29, 1.82) is 0 Å². The van der Waals surface area contributed by atoms with E-state index in [-0.39, 0.29) is 0 Å². The van der Waals surface area contributed by atoms with Gasteiger partial charge in [0.15, 0.2) is 0 Å². The van der Waals surface area contributed by atoms with Crippen molar-refractivity contribution >= 4 is 35.1 Å². The summed E-state index contributed by atoms with van der Waals surface area (Å²) < 4.78 is 0. The maximum atomic E-state index is 4.72. The lowest BCUT2D eigenvalue weighted by atomic mass is 9.96. The summed E-state index contributed by atoms with van der Waals surface area (Å²) in [5, 5.41) is 0. The number of benzene rings is 2. The first-order valence-electron chi connectivity index (χ1n) is 8.80. The molecule has 0 radical (unpaired) electrons. The van der Waals surface area contributed by atoms with Gasteiger partial charge in [0.25, 0.3) is 0 Å². The van der Waals surface area contributed by atoms with Crippen LogP contribution in [0.5, 0.6) is 0 Å². The van der Waals surface area contributed by atoms with Crippen LogP contribution in [0, 0.1) is 0 Å². The van der Waals surface area contributed by atoms with E-state index in [1.165, 1.54) is 11.1 Å². The Balaban J connectivity index is 2.26. The highest BCUT2D eigenvalue weighted by Gasteiger charge is 2.08. The lowest BCUT2D eigenvalue weighted by molar-refractivity contribution is 0.733. The Bertz CT molecular complexity index is 619. The van der Waals surface area contributed by atoms with Crippen LogP contribution in [0.25, 0.3) is 9.81 Å². The lowest BCUT2D eigenvalue weighted by Gasteiger charge is -2.12. The zero-order chi connectivity index (χ0) is 17.7. The third-order valence-corrected chi connectivity index (χ3v) is 6.10. The van der Waals surface area contributed by atoms with Crippen LogP contribution in [0.1, 0.15) is 74.6 Å². The Hall–Kier alpha value is -1.12. The molecular formula is C22H28S2. The normalized spacial score (nSPS) is 14.9. The molecule has 0 saturated heterocycles. The molecule has 0 spiro atoms. The molecule has 0 saturated carbocycles. The van der Waals surface area contributed by atoms with Gasteiger partial charge in [-0.2, -0.15) is 0 Å². The van der Waals surface area contributed by atoms with Gasteiger partial charge in [-0.05, 0) is 46.9 Å². The molecule has 0 bridgehead atoms. The van der Waals surface area contributed by atoms with Crippen molar-refractivity contribution in [1.82, 2.24) is 0 Å². The molecule has 2 unspecified atom stereocenters. The van der Waals surface area contributed by atoms with E-state index in [2.05, 4.69) is 76.2 Å². The number of hydrogen-bond acceptors (Lipinski definition) is 2. The Morgan fingerprint density at radius 1 is 0.667 bits per heavy atom. The van der Waals surface area contributed by atoms with E-state index in [1.54, 1.807) is 0 Å². The fraction of sp³-hybridized carbons (Fsp3) is 0.364. The molecule has 24 heavy (non-hydrogen) atoms. The van der Waals surface area contributed by atoms with Crippen LogP contribution in [-0.2, 0) is 0 Å². The van der Waals surface area contributed by atoms with Gasteiger partial charge in [-0.15, -0.1) is 25.3 Å². The molecule has 0 aliphatic heterocycles. The highest BCUT2D eigenvalue weighted by Crippen LogP contribution is 2.33. The van der Waals surface area contributed by atoms with Crippen molar-refractivity contribution in [2.45, 2.75) is 52.4 Å². The third kappa shape index (κ3) is 4.49. The molecule has 2 rings (SSSR count). The fourth-order valence-electron chi connectivity index (χ4n) is 2.68. The maximum Gasteiger partial charge on any atom is 0.0253 e. The molecule has 0 fully saturated rings. The zero-order valence-corrected chi connectivity index (χ0v) is 16.9. The van der Waals surface area contributed by atoms with Gasteiger partial charge in [0, 0.05) is 9.81 Å². The van der Waals surface area contributed by atoms with E-state index in [9.17, 15) is 0 Å². The van der Waals surface area contributed by atoms with Gasteiger partial charge in [0.2, 0.25) is 0 Å². The van der Waals surface area contributed by atoms with Crippen molar-refractivity contribution in [2.75, 3.05) is 0 Å². The second kappa shape index (κ2) is 8.82. The molecule has 0 amide bonds. The Kier molecular flexibility index (Phi) is 7.06. The standard InChI is InChI=1S/C22H28S2/c1-5-15(3)17-7-11-19(12-8-17)21(23)22(24)20-13-9-18(10-14-20)16(4)6-2/h7-16,23-24H,5-6H2,1-4H3. The SMILES string of the molecule is CCC(C)c1ccc(C(S)=C(S)c2ccc(C(C)CC)cc2)cc1. The summed E-state index contributed by atoms with van der Waals surface area (Å²) in [6, 6.07) is 17.4. The average Bonchev–Trinajstić information content (AvgIpc) is 2.65. The summed E-state index contributed by atoms with van der Waals surface area (Å²) in [7, 11) is 0. The summed E-state index contributed by atoms with van der Waals surface area (Å²) in [5.41, 5.74) is 4.98. The predicted octanol–water partition coefficient (Wildman–Crippen LogP) is 7.40. The van der Waals surface area contributed by atoms with Crippen LogP contribution in [0.2, 0.25) is 0 Å². The van der Waals surface area contributed by atoms with Crippen LogP contribution in [0.4, 0.5) is 0 Å². The van der Waals surface area contributed by atoms with Crippen molar-refractivity contribution in [3.63, 3.8) is 0 Å². The van der Waals surface area contributed by atoms with Gasteiger partial charge >= 0.3 is 0 Å². The molecule has 2 aromatic carbocycles. The molecule has 0 aromatic heterocycles. The van der Waals surface area contributed by atoms with Gasteiger partial charge in [-0.3, -0.25) is 0 Å². The van der Waals surface area contributed by atoms with E-state index in [4.69, 9.17) is 25.3 Å². The maximum absolute atomic E-state index is 4.72. The average molecular weight is 357 g/mol. The molecule has 0 aliphatic carbocycles. The van der Waals surface area contributed by atoms with Crippen LogP contribution in [0.15, 0.2) is 48.5 Å². The molecule has 0 aliphatic rings. The Labute approximate surface area is 158 Å². The molecular weight excluding hydrogens is 328 g/mol. The minimum Gasteiger partial charge on any atom is -0.142 e. The molecule has 128 valence electrons. The van der Waals surface area contributed by atoms with E-state index in [1.807, 2.05) is 0 Å².